The van der Waals surface area contributed by atoms with Crippen molar-refractivity contribution < 1.29 is 19.0 Å². The summed E-state index contributed by atoms with van der Waals surface area (Å²) in [7, 11) is 0. The number of nitrogens with zero attached hydrogens (tertiary/aromatic N) is 2. The highest BCUT2D eigenvalue weighted by Gasteiger charge is 2.52. The fourth-order valence-corrected chi connectivity index (χ4v) is 4.21. The molecule has 3 fully saturated rings. The quantitative estimate of drug-likeness (QED) is 0.787. The van der Waals surface area contributed by atoms with E-state index in [-0.39, 0.29) is 24.0 Å². The smallest absolute Gasteiger partial charge is 0.248 e. The minimum absolute atomic E-state index is 0.0958. The number of hydrogen-bond acceptors (Lipinski definition) is 5. The van der Waals surface area contributed by atoms with Crippen LogP contribution in [0.4, 0.5) is 0 Å². The van der Waals surface area contributed by atoms with E-state index in [1.165, 1.54) is 12.8 Å². The van der Waals surface area contributed by atoms with E-state index in [2.05, 4.69) is 4.98 Å². The van der Waals surface area contributed by atoms with Crippen LogP contribution in [0, 0.1) is 11.3 Å². The van der Waals surface area contributed by atoms with E-state index < -0.39 is 0 Å². The molecular weight excluding hydrogens is 320 g/mol. The van der Waals surface area contributed by atoms with Crippen molar-refractivity contribution in [1.82, 2.24) is 9.88 Å². The first kappa shape index (κ1) is 16.8. The largest absolute Gasteiger partial charge is 0.477 e. The zero-order valence-electron chi connectivity index (χ0n) is 14.6. The van der Waals surface area contributed by atoms with Gasteiger partial charge in [-0.15, -0.1) is 0 Å². The van der Waals surface area contributed by atoms with Crippen LogP contribution in [0.3, 0.4) is 0 Å². The van der Waals surface area contributed by atoms with Gasteiger partial charge in [0, 0.05) is 31.3 Å². The first-order chi connectivity index (χ1) is 12.3. The molecule has 1 aromatic rings. The van der Waals surface area contributed by atoms with Gasteiger partial charge in [-0.05, 0) is 18.9 Å². The molecule has 2 saturated heterocycles. The molecule has 3 aliphatic rings. The molecule has 0 spiro atoms. The Morgan fingerprint density at radius 2 is 2.24 bits per heavy atom. The molecule has 1 saturated carbocycles. The first-order valence-electron chi connectivity index (χ1n) is 9.26. The van der Waals surface area contributed by atoms with Gasteiger partial charge in [0.15, 0.2) is 0 Å². The van der Waals surface area contributed by atoms with Gasteiger partial charge >= 0.3 is 0 Å². The zero-order chi connectivity index (χ0) is 17.1. The van der Waals surface area contributed by atoms with Gasteiger partial charge in [-0.2, -0.15) is 0 Å². The second-order valence-electron chi connectivity index (χ2n) is 7.52. The van der Waals surface area contributed by atoms with Crippen molar-refractivity contribution in [1.29, 1.82) is 0 Å². The maximum Gasteiger partial charge on any atom is 0.248 e. The number of likely N-dealkylation sites (tertiary alicyclic amines) is 1. The standard InChI is InChI=1S/C19H26N2O4/c22-18(11-24-16-5-1-2-6-16)21-9-15-10-23-13-19(15,12-21)14-25-17-7-3-4-8-20-17/h3-4,7-8,15-16H,1-2,5-6,9-14H2/t15-,19+/m0/s1. The topological polar surface area (TPSA) is 60.9 Å². The van der Waals surface area contributed by atoms with E-state index in [0.717, 1.165) is 19.4 Å². The lowest BCUT2D eigenvalue weighted by molar-refractivity contribution is -0.137. The molecule has 2 aliphatic heterocycles. The summed E-state index contributed by atoms with van der Waals surface area (Å²) in [5, 5.41) is 0. The second-order valence-corrected chi connectivity index (χ2v) is 7.52. The number of rotatable bonds is 6. The minimum atomic E-state index is -0.124. The van der Waals surface area contributed by atoms with Crippen molar-refractivity contribution in [3.05, 3.63) is 24.4 Å². The van der Waals surface area contributed by atoms with Crippen LogP contribution in [0.1, 0.15) is 25.7 Å². The summed E-state index contributed by atoms with van der Waals surface area (Å²) in [6, 6.07) is 5.63. The lowest BCUT2D eigenvalue weighted by Crippen LogP contribution is -2.39. The fraction of sp³-hybridized carbons (Fsp3) is 0.684. The maximum absolute atomic E-state index is 12.6. The molecule has 0 bridgehead atoms. The third kappa shape index (κ3) is 3.65. The Morgan fingerprint density at radius 3 is 3.04 bits per heavy atom. The number of pyridine rings is 1. The Hall–Kier alpha value is -1.66. The van der Waals surface area contributed by atoms with Crippen LogP contribution in [0.25, 0.3) is 0 Å². The normalized spacial score (nSPS) is 29.1. The molecule has 6 nitrogen and oxygen atoms in total. The molecule has 0 N–H and O–H groups in total. The van der Waals surface area contributed by atoms with Gasteiger partial charge in [0.2, 0.25) is 11.8 Å². The molecule has 1 aromatic heterocycles. The van der Waals surface area contributed by atoms with Crippen molar-refractivity contribution >= 4 is 5.91 Å². The molecule has 4 rings (SSSR count). The van der Waals surface area contributed by atoms with Gasteiger partial charge in [0.1, 0.15) is 6.61 Å². The highest BCUT2D eigenvalue weighted by molar-refractivity contribution is 5.78. The van der Waals surface area contributed by atoms with Crippen LogP contribution >= 0.6 is 0 Å². The van der Waals surface area contributed by atoms with Gasteiger partial charge in [0.25, 0.3) is 0 Å². The Kier molecular flexibility index (Phi) is 4.90. The van der Waals surface area contributed by atoms with Gasteiger partial charge in [-0.25, -0.2) is 4.98 Å². The van der Waals surface area contributed by atoms with Gasteiger partial charge in [0.05, 0.1) is 31.3 Å². The van der Waals surface area contributed by atoms with Crippen molar-refractivity contribution in [2.24, 2.45) is 11.3 Å². The molecule has 1 amide bonds. The monoisotopic (exact) mass is 346 g/mol. The molecule has 6 heteroatoms. The summed E-state index contributed by atoms with van der Waals surface area (Å²) < 4.78 is 17.4. The average molecular weight is 346 g/mol. The Morgan fingerprint density at radius 1 is 1.36 bits per heavy atom. The van der Waals surface area contributed by atoms with E-state index in [4.69, 9.17) is 14.2 Å². The second kappa shape index (κ2) is 7.30. The SMILES string of the molecule is O=C(COC1CCCC1)N1C[C@H]2COC[C@@]2(COc2ccccn2)C1. The number of aromatic nitrogens is 1. The predicted octanol–water partition coefficient (Wildman–Crippen LogP) is 1.89. The molecule has 0 unspecified atom stereocenters. The van der Waals surface area contributed by atoms with Crippen LogP contribution < -0.4 is 4.74 Å². The zero-order valence-corrected chi connectivity index (χ0v) is 14.6. The fourth-order valence-electron chi connectivity index (χ4n) is 4.21. The number of fused-ring (bicyclic) bond motifs is 1. The summed E-state index contributed by atoms with van der Waals surface area (Å²) in [6.45, 7) is 3.48. The maximum atomic E-state index is 12.6. The molecule has 1 aliphatic carbocycles. The molecular formula is C19H26N2O4. The molecule has 25 heavy (non-hydrogen) atoms. The number of carbonyl (C=O) groups excluding carboxylic acids is 1. The van der Waals surface area contributed by atoms with Crippen LogP contribution in [0.2, 0.25) is 0 Å². The number of amides is 1. The van der Waals surface area contributed by atoms with E-state index in [0.29, 0.717) is 38.2 Å². The van der Waals surface area contributed by atoms with Crippen LogP contribution in [0.5, 0.6) is 5.88 Å². The van der Waals surface area contributed by atoms with E-state index in [1.54, 1.807) is 6.20 Å². The van der Waals surface area contributed by atoms with Crippen molar-refractivity contribution in [2.45, 2.75) is 31.8 Å². The number of hydrogen-bond donors (Lipinski definition) is 0. The molecule has 3 heterocycles. The predicted molar refractivity (Wildman–Crippen MR) is 91.3 cm³/mol. The lowest BCUT2D eigenvalue weighted by Gasteiger charge is -2.26. The van der Waals surface area contributed by atoms with E-state index in [9.17, 15) is 4.79 Å². The third-order valence-corrected chi connectivity index (χ3v) is 5.76. The van der Waals surface area contributed by atoms with Gasteiger partial charge in [-0.1, -0.05) is 18.9 Å². The third-order valence-electron chi connectivity index (χ3n) is 5.76. The van der Waals surface area contributed by atoms with E-state index in [1.807, 2.05) is 23.1 Å². The van der Waals surface area contributed by atoms with Crippen LogP contribution in [-0.4, -0.2) is 61.4 Å². The average Bonchev–Trinajstić information content (AvgIpc) is 3.34. The van der Waals surface area contributed by atoms with E-state index >= 15 is 0 Å². The molecule has 0 aromatic carbocycles. The summed E-state index contributed by atoms with van der Waals surface area (Å²) in [6.07, 6.45) is 6.61. The number of carbonyl (C=O) groups is 1. The van der Waals surface area contributed by atoms with Crippen molar-refractivity contribution in [3.8, 4) is 5.88 Å². The Labute approximate surface area is 148 Å². The van der Waals surface area contributed by atoms with Crippen molar-refractivity contribution in [2.75, 3.05) is 39.5 Å². The molecule has 2 atom stereocenters. The summed E-state index contributed by atoms with van der Waals surface area (Å²) in [4.78, 5) is 18.7. The summed E-state index contributed by atoms with van der Waals surface area (Å²) >= 11 is 0. The number of ether oxygens (including phenoxy) is 3. The molecule has 136 valence electrons. The van der Waals surface area contributed by atoms with Gasteiger partial charge < -0.3 is 19.1 Å². The first-order valence-corrected chi connectivity index (χ1v) is 9.26. The highest BCUT2D eigenvalue weighted by Crippen LogP contribution is 2.41. The minimum Gasteiger partial charge on any atom is -0.477 e. The Balaban J connectivity index is 1.33. The molecule has 0 radical (unpaired) electrons. The summed E-state index contributed by atoms with van der Waals surface area (Å²) in [5.41, 5.74) is -0.124. The van der Waals surface area contributed by atoms with Crippen molar-refractivity contribution in [3.63, 3.8) is 0 Å². The van der Waals surface area contributed by atoms with Crippen LogP contribution in [0.15, 0.2) is 24.4 Å². The lowest BCUT2D eigenvalue weighted by atomic mass is 9.82. The highest BCUT2D eigenvalue weighted by atomic mass is 16.5. The van der Waals surface area contributed by atoms with Gasteiger partial charge in [-0.3, -0.25) is 4.79 Å². The Bertz CT molecular complexity index is 590. The summed E-state index contributed by atoms with van der Waals surface area (Å²) in [5.74, 6) is 1.04. The van der Waals surface area contributed by atoms with Crippen LogP contribution in [-0.2, 0) is 14.3 Å².